The summed E-state index contributed by atoms with van der Waals surface area (Å²) in [7, 11) is 1.61. The fourth-order valence-electron chi connectivity index (χ4n) is 3.52. The van der Waals surface area contributed by atoms with Gasteiger partial charge >= 0.3 is 0 Å². The van der Waals surface area contributed by atoms with Crippen LogP contribution in [0.2, 0.25) is 5.02 Å². The van der Waals surface area contributed by atoms with Gasteiger partial charge in [0, 0.05) is 51.4 Å². The van der Waals surface area contributed by atoms with Crippen molar-refractivity contribution in [2.24, 2.45) is 0 Å². The first kappa shape index (κ1) is 23.7. The molecule has 0 saturated carbocycles. The van der Waals surface area contributed by atoms with Gasteiger partial charge in [0.2, 0.25) is 5.91 Å². The van der Waals surface area contributed by atoms with E-state index >= 15 is 0 Å². The number of ether oxygens (including phenoxy) is 1. The van der Waals surface area contributed by atoms with Crippen molar-refractivity contribution in [1.29, 1.82) is 0 Å². The Kier molecular flexibility index (Phi) is 7.77. The molecule has 34 heavy (non-hydrogen) atoms. The summed E-state index contributed by atoms with van der Waals surface area (Å²) in [6.07, 6.45) is 2.03. The summed E-state index contributed by atoms with van der Waals surface area (Å²) in [6, 6.07) is 22.1. The van der Waals surface area contributed by atoms with Crippen molar-refractivity contribution in [2.45, 2.75) is 11.4 Å². The number of nitrogens with zero attached hydrogens (tertiary/aromatic N) is 1. The number of carbonyl (C=O) groups excluding carboxylic acids is 2. The predicted octanol–water partition coefficient (Wildman–Crippen LogP) is 5.46. The molecule has 0 radical (unpaired) electrons. The van der Waals surface area contributed by atoms with Crippen LogP contribution in [0.1, 0.15) is 10.4 Å². The van der Waals surface area contributed by atoms with Gasteiger partial charge in [-0.2, -0.15) is 0 Å². The van der Waals surface area contributed by atoms with E-state index in [0.717, 1.165) is 27.2 Å². The third-order valence-corrected chi connectivity index (χ3v) is 6.52. The van der Waals surface area contributed by atoms with Crippen LogP contribution in [0.5, 0.6) is 5.75 Å². The largest absolute Gasteiger partial charge is 0.497 e. The molecular formula is C26H24ClN3O3S. The summed E-state index contributed by atoms with van der Waals surface area (Å²) in [6.45, 7) is 1.08. The molecule has 6 nitrogen and oxygen atoms in total. The molecule has 0 unspecified atom stereocenters. The van der Waals surface area contributed by atoms with Crippen LogP contribution in [0, 0.1) is 0 Å². The first-order valence-electron chi connectivity index (χ1n) is 10.7. The molecule has 8 heteroatoms. The molecule has 1 aromatic heterocycles. The summed E-state index contributed by atoms with van der Waals surface area (Å²) in [5.41, 5.74) is 2.35. The maximum Gasteiger partial charge on any atom is 0.251 e. The molecule has 0 saturated heterocycles. The lowest BCUT2D eigenvalue weighted by atomic mass is 10.2. The fourth-order valence-corrected chi connectivity index (χ4v) is 4.54. The fraction of sp³-hybridized carbons (Fsp3) is 0.154. The van der Waals surface area contributed by atoms with Crippen molar-refractivity contribution in [2.75, 3.05) is 24.7 Å². The molecule has 2 amide bonds. The van der Waals surface area contributed by atoms with Gasteiger partial charge in [-0.3, -0.25) is 9.59 Å². The van der Waals surface area contributed by atoms with Crippen molar-refractivity contribution in [3.05, 3.63) is 89.6 Å². The molecule has 1 heterocycles. The van der Waals surface area contributed by atoms with Gasteiger partial charge in [0.05, 0.1) is 12.9 Å². The minimum absolute atomic E-state index is 0.0813. The van der Waals surface area contributed by atoms with Gasteiger partial charge < -0.3 is 19.9 Å². The maximum atomic E-state index is 12.5. The number of fused-ring (bicyclic) bond motifs is 1. The number of thioether (sulfide) groups is 1. The summed E-state index contributed by atoms with van der Waals surface area (Å²) < 4.78 is 7.24. The lowest BCUT2D eigenvalue weighted by Gasteiger charge is -2.08. The number of para-hydroxylation sites is 1. The molecule has 0 spiro atoms. The Morgan fingerprint density at radius 3 is 2.47 bits per heavy atom. The molecule has 0 aliphatic rings. The van der Waals surface area contributed by atoms with Crippen LogP contribution in [0.15, 0.2) is 83.9 Å². The number of carbonyl (C=O) groups is 2. The number of methoxy groups -OCH3 is 1. The SMILES string of the molecule is COc1ccc(NC(=O)CSc2cn(CCNC(=O)c3ccc(Cl)cc3)c3ccccc23)cc1. The van der Waals surface area contributed by atoms with E-state index in [0.29, 0.717) is 23.7 Å². The number of hydrogen-bond donors (Lipinski definition) is 2. The number of rotatable bonds is 9. The molecule has 0 aliphatic carbocycles. The van der Waals surface area contributed by atoms with Crippen molar-refractivity contribution >= 4 is 51.8 Å². The molecule has 2 N–H and O–H groups in total. The summed E-state index contributed by atoms with van der Waals surface area (Å²) in [5, 5.41) is 7.52. The second kappa shape index (κ2) is 11.1. The average Bonchev–Trinajstić information content (AvgIpc) is 3.21. The third kappa shape index (κ3) is 5.92. The van der Waals surface area contributed by atoms with Gasteiger partial charge in [0.15, 0.2) is 0 Å². The highest BCUT2D eigenvalue weighted by molar-refractivity contribution is 8.00. The van der Waals surface area contributed by atoms with E-state index < -0.39 is 0 Å². The second-order valence-corrected chi connectivity index (χ2v) is 8.99. The molecule has 0 atom stereocenters. The Morgan fingerprint density at radius 2 is 1.74 bits per heavy atom. The number of amides is 2. The van der Waals surface area contributed by atoms with Crippen LogP contribution < -0.4 is 15.4 Å². The Labute approximate surface area is 207 Å². The van der Waals surface area contributed by atoms with E-state index in [1.165, 1.54) is 11.8 Å². The highest BCUT2D eigenvalue weighted by Crippen LogP contribution is 2.30. The van der Waals surface area contributed by atoms with Crippen molar-refractivity contribution in [3.8, 4) is 5.75 Å². The number of nitrogens with one attached hydrogen (secondary N) is 2. The van der Waals surface area contributed by atoms with Gasteiger partial charge in [0.1, 0.15) is 5.75 Å². The summed E-state index contributed by atoms with van der Waals surface area (Å²) in [5.74, 6) is 0.803. The quantitative estimate of drug-likeness (QED) is 0.303. The van der Waals surface area contributed by atoms with E-state index in [-0.39, 0.29) is 17.6 Å². The normalized spacial score (nSPS) is 10.8. The van der Waals surface area contributed by atoms with Crippen LogP contribution in [0.3, 0.4) is 0 Å². The number of anilines is 1. The average molecular weight is 494 g/mol. The molecule has 4 rings (SSSR count). The van der Waals surface area contributed by atoms with Crippen molar-refractivity contribution in [3.63, 3.8) is 0 Å². The van der Waals surface area contributed by atoms with E-state index in [4.69, 9.17) is 16.3 Å². The Bertz CT molecular complexity index is 1290. The topological polar surface area (TPSA) is 72.4 Å². The van der Waals surface area contributed by atoms with Gasteiger partial charge in [0.25, 0.3) is 5.91 Å². The van der Waals surface area contributed by atoms with Crippen molar-refractivity contribution < 1.29 is 14.3 Å². The number of benzene rings is 3. The Hall–Kier alpha value is -3.42. The van der Waals surface area contributed by atoms with Gasteiger partial charge in [-0.15, -0.1) is 11.8 Å². The van der Waals surface area contributed by atoms with E-state index in [1.807, 2.05) is 54.7 Å². The highest BCUT2D eigenvalue weighted by Gasteiger charge is 2.12. The molecule has 0 fully saturated rings. The zero-order chi connectivity index (χ0) is 23.9. The van der Waals surface area contributed by atoms with Crippen LogP contribution in [0.25, 0.3) is 10.9 Å². The maximum absolute atomic E-state index is 12.5. The highest BCUT2D eigenvalue weighted by atomic mass is 35.5. The second-order valence-electron chi connectivity index (χ2n) is 7.53. The lowest BCUT2D eigenvalue weighted by Crippen LogP contribution is -2.27. The number of aromatic nitrogens is 1. The molecular weight excluding hydrogens is 470 g/mol. The first-order chi connectivity index (χ1) is 16.5. The van der Waals surface area contributed by atoms with E-state index in [2.05, 4.69) is 15.2 Å². The molecule has 0 aliphatic heterocycles. The smallest absolute Gasteiger partial charge is 0.251 e. The monoisotopic (exact) mass is 493 g/mol. The zero-order valence-corrected chi connectivity index (χ0v) is 20.2. The summed E-state index contributed by atoms with van der Waals surface area (Å²) in [4.78, 5) is 25.8. The minimum Gasteiger partial charge on any atom is -0.497 e. The molecule has 3 aromatic carbocycles. The zero-order valence-electron chi connectivity index (χ0n) is 18.6. The standard InChI is InChI=1S/C26H24ClN3O3S/c1-33-21-12-10-20(11-13-21)29-25(31)17-34-24-16-30(23-5-3-2-4-22(23)24)15-14-28-26(32)18-6-8-19(27)9-7-18/h2-13,16H,14-15,17H2,1H3,(H,28,32)(H,29,31). The summed E-state index contributed by atoms with van der Waals surface area (Å²) >= 11 is 7.38. The van der Waals surface area contributed by atoms with Crippen LogP contribution in [-0.2, 0) is 11.3 Å². The number of halogens is 1. The lowest BCUT2D eigenvalue weighted by molar-refractivity contribution is -0.113. The Balaban J connectivity index is 1.36. The Morgan fingerprint density at radius 1 is 1.00 bits per heavy atom. The van der Waals surface area contributed by atoms with Crippen LogP contribution >= 0.6 is 23.4 Å². The molecule has 4 aromatic rings. The molecule has 0 bridgehead atoms. The van der Waals surface area contributed by atoms with Crippen LogP contribution in [0.4, 0.5) is 5.69 Å². The van der Waals surface area contributed by atoms with Gasteiger partial charge in [-0.05, 0) is 54.6 Å². The minimum atomic E-state index is -0.141. The third-order valence-electron chi connectivity index (χ3n) is 5.23. The molecule has 174 valence electrons. The first-order valence-corrected chi connectivity index (χ1v) is 12.1. The van der Waals surface area contributed by atoms with E-state index in [9.17, 15) is 9.59 Å². The van der Waals surface area contributed by atoms with Gasteiger partial charge in [-0.1, -0.05) is 29.8 Å². The number of hydrogen-bond acceptors (Lipinski definition) is 4. The predicted molar refractivity (Wildman–Crippen MR) is 138 cm³/mol. The van der Waals surface area contributed by atoms with Crippen molar-refractivity contribution in [1.82, 2.24) is 9.88 Å². The van der Waals surface area contributed by atoms with E-state index in [1.54, 1.807) is 31.4 Å². The van der Waals surface area contributed by atoms with Gasteiger partial charge in [-0.25, -0.2) is 0 Å². The van der Waals surface area contributed by atoms with Crippen LogP contribution in [-0.4, -0.2) is 35.8 Å².